The zero-order valence-corrected chi connectivity index (χ0v) is 19.8. The SMILES string of the molecule is CN1NC(C2CC2)=CC1Nc1cc(N2CCOCC2)nc(NCC2=CC(c3ccccn3)NO2)n1. The monoisotopic (exact) mass is 477 g/mol. The topological polar surface area (TPSA) is 112 Å². The molecule has 0 radical (unpaired) electrons. The quantitative estimate of drug-likeness (QED) is 0.446. The van der Waals surface area contributed by atoms with E-state index >= 15 is 0 Å². The number of anilines is 3. The summed E-state index contributed by atoms with van der Waals surface area (Å²) in [5.41, 5.74) is 8.69. The van der Waals surface area contributed by atoms with Crippen molar-refractivity contribution in [3.05, 3.63) is 59.8 Å². The van der Waals surface area contributed by atoms with Crippen molar-refractivity contribution in [1.82, 2.24) is 30.9 Å². The maximum Gasteiger partial charge on any atom is 0.226 e. The zero-order chi connectivity index (χ0) is 23.6. The molecular weight excluding hydrogens is 446 g/mol. The summed E-state index contributed by atoms with van der Waals surface area (Å²) in [5.74, 6) is 3.62. The molecule has 35 heavy (non-hydrogen) atoms. The molecule has 2 aromatic rings. The number of hydroxylamine groups is 1. The molecule has 4 N–H and O–H groups in total. The first-order valence-electron chi connectivity index (χ1n) is 12.2. The average Bonchev–Trinajstić information content (AvgIpc) is 3.53. The number of rotatable bonds is 8. The van der Waals surface area contributed by atoms with Crippen molar-refractivity contribution in [2.75, 3.05) is 55.4 Å². The van der Waals surface area contributed by atoms with E-state index in [9.17, 15) is 0 Å². The minimum Gasteiger partial charge on any atom is -0.411 e. The Bertz CT molecular complexity index is 1100. The van der Waals surface area contributed by atoms with E-state index in [4.69, 9.17) is 19.5 Å². The van der Waals surface area contributed by atoms with Crippen LogP contribution in [-0.2, 0) is 9.57 Å². The summed E-state index contributed by atoms with van der Waals surface area (Å²) >= 11 is 0. The second-order valence-electron chi connectivity index (χ2n) is 9.18. The van der Waals surface area contributed by atoms with E-state index in [-0.39, 0.29) is 12.2 Å². The molecule has 11 nitrogen and oxygen atoms in total. The molecule has 6 rings (SSSR count). The van der Waals surface area contributed by atoms with Gasteiger partial charge >= 0.3 is 0 Å². The fourth-order valence-corrected chi connectivity index (χ4v) is 4.41. The average molecular weight is 478 g/mol. The maximum atomic E-state index is 5.67. The highest BCUT2D eigenvalue weighted by atomic mass is 16.7. The van der Waals surface area contributed by atoms with Gasteiger partial charge in [0.15, 0.2) is 0 Å². The van der Waals surface area contributed by atoms with E-state index in [1.165, 1.54) is 18.5 Å². The number of hydrogen-bond donors (Lipinski definition) is 4. The molecule has 1 aliphatic carbocycles. The van der Waals surface area contributed by atoms with E-state index in [2.05, 4.69) is 42.5 Å². The minimum absolute atomic E-state index is 0.0232. The fraction of sp³-hybridized carbons (Fsp3) is 0.458. The van der Waals surface area contributed by atoms with Crippen LogP contribution in [0.5, 0.6) is 0 Å². The predicted octanol–water partition coefficient (Wildman–Crippen LogP) is 1.76. The molecule has 1 saturated heterocycles. The number of hydrogen-bond acceptors (Lipinski definition) is 11. The Kier molecular flexibility index (Phi) is 6.11. The molecule has 2 unspecified atom stereocenters. The Morgan fingerprint density at radius 2 is 2.03 bits per heavy atom. The molecular formula is C24H31N9O2. The summed E-state index contributed by atoms with van der Waals surface area (Å²) in [4.78, 5) is 21.8. The van der Waals surface area contributed by atoms with Crippen LogP contribution >= 0.6 is 0 Å². The predicted molar refractivity (Wildman–Crippen MR) is 132 cm³/mol. The minimum atomic E-state index is -0.0799. The molecule has 2 aromatic heterocycles. The second-order valence-corrected chi connectivity index (χ2v) is 9.18. The lowest BCUT2D eigenvalue weighted by Gasteiger charge is -2.29. The third kappa shape index (κ3) is 5.16. The van der Waals surface area contributed by atoms with Crippen molar-refractivity contribution in [1.29, 1.82) is 0 Å². The van der Waals surface area contributed by atoms with Crippen molar-refractivity contribution in [2.24, 2.45) is 5.92 Å². The van der Waals surface area contributed by atoms with Gasteiger partial charge < -0.3 is 30.5 Å². The van der Waals surface area contributed by atoms with E-state index < -0.39 is 0 Å². The Morgan fingerprint density at radius 3 is 2.83 bits per heavy atom. The van der Waals surface area contributed by atoms with E-state index in [0.717, 1.165) is 36.2 Å². The van der Waals surface area contributed by atoms with Gasteiger partial charge in [-0.15, -0.1) is 5.48 Å². The van der Waals surface area contributed by atoms with Gasteiger partial charge in [-0.05, 0) is 43.0 Å². The van der Waals surface area contributed by atoms with Crippen LogP contribution in [0.25, 0.3) is 0 Å². The number of likely N-dealkylation sites (N-methyl/N-ethyl adjacent to an activating group) is 1. The van der Waals surface area contributed by atoms with Crippen LogP contribution in [0.3, 0.4) is 0 Å². The number of pyridine rings is 1. The van der Waals surface area contributed by atoms with Gasteiger partial charge in [-0.25, -0.2) is 5.01 Å². The van der Waals surface area contributed by atoms with Gasteiger partial charge in [-0.2, -0.15) is 9.97 Å². The highest BCUT2D eigenvalue weighted by Crippen LogP contribution is 2.37. The molecule has 0 bridgehead atoms. The molecule has 2 atom stereocenters. The number of allylic oxidation sites excluding steroid dienone is 1. The molecule has 4 aliphatic rings. The maximum absolute atomic E-state index is 5.67. The summed E-state index contributed by atoms with van der Waals surface area (Å²) in [6, 6.07) is 7.77. The second kappa shape index (κ2) is 9.68. The standard InChI is InChI=1S/C24H31N9O2/c1-32-22(13-19(30-32)16-5-6-16)27-21-14-23(33-8-10-34-11-9-33)29-24(28-21)26-15-17-12-20(31-35-17)18-4-2-3-7-25-18/h2-4,7,12-14,16,20,22,30-31H,5-6,8-11,15H2,1H3,(H2,26,27,28,29). The Hall–Kier alpha value is -3.41. The molecule has 3 aliphatic heterocycles. The van der Waals surface area contributed by atoms with Gasteiger partial charge in [0.05, 0.1) is 25.5 Å². The smallest absolute Gasteiger partial charge is 0.226 e. The Balaban J connectivity index is 1.18. The van der Waals surface area contributed by atoms with Crippen LogP contribution in [0.2, 0.25) is 0 Å². The first kappa shape index (κ1) is 22.1. The van der Waals surface area contributed by atoms with Crippen molar-refractivity contribution < 1.29 is 9.57 Å². The van der Waals surface area contributed by atoms with Crippen LogP contribution < -0.4 is 26.4 Å². The highest BCUT2D eigenvalue weighted by Gasteiger charge is 2.32. The lowest BCUT2D eigenvalue weighted by atomic mass is 10.2. The van der Waals surface area contributed by atoms with Gasteiger partial charge in [-0.1, -0.05) is 6.07 Å². The summed E-state index contributed by atoms with van der Waals surface area (Å²) in [6.07, 6.45) is 8.59. The molecule has 0 spiro atoms. The summed E-state index contributed by atoms with van der Waals surface area (Å²) < 4.78 is 5.53. The van der Waals surface area contributed by atoms with Crippen molar-refractivity contribution >= 4 is 17.6 Å². The summed E-state index contributed by atoms with van der Waals surface area (Å²) in [6.45, 7) is 3.45. The molecule has 5 heterocycles. The number of aromatic nitrogens is 3. The summed E-state index contributed by atoms with van der Waals surface area (Å²) in [7, 11) is 2.04. The van der Waals surface area contributed by atoms with Crippen LogP contribution in [0.4, 0.5) is 17.6 Å². The highest BCUT2D eigenvalue weighted by molar-refractivity contribution is 5.55. The first-order valence-corrected chi connectivity index (χ1v) is 12.2. The third-order valence-electron chi connectivity index (χ3n) is 6.52. The number of morpholine rings is 1. The van der Waals surface area contributed by atoms with Gasteiger partial charge in [0.2, 0.25) is 5.95 Å². The van der Waals surface area contributed by atoms with E-state index in [0.29, 0.717) is 31.6 Å². The molecule has 11 heteroatoms. The van der Waals surface area contributed by atoms with E-state index in [1.807, 2.05) is 37.4 Å². The van der Waals surface area contributed by atoms with Crippen LogP contribution in [-0.4, -0.2) is 66.0 Å². The molecule has 1 saturated carbocycles. The molecule has 0 aromatic carbocycles. The van der Waals surface area contributed by atoms with Crippen molar-refractivity contribution in [3.63, 3.8) is 0 Å². The van der Waals surface area contributed by atoms with Crippen molar-refractivity contribution in [2.45, 2.75) is 25.0 Å². The van der Waals surface area contributed by atoms with Gasteiger partial charge in [0, 0.05) is 38.1 Å². The largest absolute Gasteiger partial charge is 0.411 e. The number of nitrogens with zero attached hydrogens (tertiary/aromatic N) is 5. The Morgan fingerprint density at radius 1 is 1.14 bits per heavy atom. The lowest BCUT2D eigenvalue weighted by molar-refractivity contribution is 0.115. The first-order chi connectivity index (χ1) is 17.2. The molecule has 2 fully saturated rings. The van der Waals surface area contributed by atoms with Crippen LogP contribution in [0.15, 0.2) is 54.1 Å². The molecule has 184 valence electrons. The van der Waals surface area contributed by atoms with E-state index in [1.54, 1.807) is 6.20 Å². The zero-order valence-electron chi connectivity index (χ0n) is 19.8. The fourth-order valence-electron chi connectivity index (χ4n) is 4.41. The Labute approximate surface area is 204 Å². The third-order valence-corrected chi connectivity index (χ3v) is 6.52. The van der Waals surface area contributed by atoms with Crippen LogP contribution in [0.1, 0.15) is 24.6 Å². The van der Waals surface area contributed by atoms with Crippen LogP contribution in [0, 0.1) is 5.92 Å². The van der Waals surface area contributed by atoms with Gasteiger partial charge in [0.25, 0.3) is 0 Å². The van der Waals surface area contributed by atoms with Crippen molar-refractivity contribution in [3.8, 4) is 0 Å². The summed E-state index contributed by atoms with van der Waals surface area (Å²) in [5, 5.41) is 8.97. The lowest BCUT2D eigenvalue weighted by Crippen LogP contribution is -2.40. The number of nitrogens with one attached hydrogen (secondary N) is 4. The number of ether oxygens (including phenoxy) is 1. The van der Waals surface area contributed by atoms with Gasteiger partial charge in [0.1, 0.15) is 29.6 Å². The normalized spacial score (nSPS) is 24.4. The molecule has 0 amide bonds. The van der Waals surface area contributed by atoms with Gasteiger partial charge in [-0.3, -0.25) is 4.98 Å². The number of hydrazine groups is 1.